The summed E-state index contributed by atoms with van der Waals surface area (Å²) in [5, 5.41) is 6.96. The van der Waals surface area contributed by atoms with Gasteiger partial charge in [-0.1, -0.05) is 5.21 Å². The first-order valence-electron chi connectivity index (χ1n) is 6.02. The minimum absolute atomic E-state index is 0.0565. The second-order valence-corrected chi connectivity index (χ2v) is 5.62. The zero-order valence-electron chi connectivity index (χ0n) is 10.5. The van der Waals surface area contributed by atoms with Crippen molar-refractivity contribution < 1.29 is 18.3 Å². The molecule has 21 heavy (non-hydrogen) atoms. The molecular formula is C12H9F2IN4O2. The molecule has 3 rings (SSSR count). The van der Waals surface area contributed by atoms with Gasteiger partial charge >= 0.3 is 6.09 Å². The third-order valence-electron chi connectivity index (χ3n) is 3.04. The van der Waals surface area contributed by atoms with E-state index in [4.69, 9.17) is 4.74 Å². The molecule has 1 aromatic heterocycles. The monoisotopic (exact) mass is 406 g/mol. The molecule has 9 heteroatoms. The lowest BCUT2D eigenvalue weighted by atomic mass is 10.2. The number of nitrogens with zero attached hydrogens (tertiary/aromatic N) is 4. The number of aromatic nitrogens is 3. The molecule has 1 aliphatic rings. The lowest BCUT2D eigenvalue weighted by Crippen LogP contribution is -2.26. The normalized spacial score (nSPS) is 18.1. The van der Waals surface area contributed by atoms with Gasteiger partial charge in [-0.15, -0.1) is 5.10 Å². The Kier molecular flexibility index (Phi) is 3.74. The average Bonchev–Trinajstić information content (AvgIpc) is 3.00. The number of ether oxygens (including phenoxy) is 1. The lowest BCUT2D eigenvalue weighted by Gasteiger charge is -2.13. The Morgan fingerprint density at radius 2 is 2.24 bits per heavy atom. The van der Waals surface area contributed by atoms with Crippen LogP contribution in [0.4, 0.5) is 19.3 Å². The molecule has 1 unspecified atom stereocenters. The third-order valence-corrected chi connectivity index (χ3v) is 3.91. The summed E-state index contributed by atoms with van der Waals surface area (Å²) in [6.07, 6.45) is -0.194. The Labute approximate surface area is 131 Å². The van der Waals surface area contributed by atoms with Gasteiger partial charge in [-0.3, -0.25) is 4.90 Å². The minimum Gasteiger partial charge on any atom is -0.442 e. The predicted octanol–water partition coefficient (Wildman–Crippen LogP) is 2.19. The number of rotatable bonds is 3. The molecule has 0 saturated carbocycles. The van der Waals surface area contributed by atoms with Gasteiger partial charge < -0.3 is 4.74 Å². The fourth-order valence-electron chi connectivity index (χ4n) is 2.04. The van der Waals surface area contributed by atoms with Crippen LogP contribution in [0.1, 0.15) is 0 Å². The molecule has 2 heterocycles. The highest BCUT2D eigenvalue weighted by Gasteiger charge is 2.33. The van der Waals surface area contributed by atoms with E-state index in [-0.39, 0.29) is 13.1 Å². The maximum Gasteiger partial charge on any atom is 0.414 e. The third kappa shape index (κ3) is 2.82. The van der Waals surface area contributed by atoms with Crippen molar-refractivity contribution in [2.75, 3.05) is 11.4 Å². The number of anilines is 1. The number of halogens is 3. The molecule has 1 aromatic carbocycles. The van der Waals surface area contributed by atoms with E-state index in [0.29, 0.717) is 9.26 Å². The summed E-state index contributed by atoms with van der Waals surface area (Å²) in [7, 11) is 0. The van der Waals surface area contributed by atoms with Crippen LogP contribution in [0.25, 0.3) is 0 Å². The van der Waals surface area contributed by atoms with E-state index in [9.17, 15) is 13.6 Å². The number of amides is 1. The standard InChI is InChI=1S/C12H9F2IN4O2/c13-9-3-7(1-2-10(9)15)18-5-8(21-12(18)20)6-19-11(14)4-16-17-19/h1-4,8H,5-6H2. The highest BCUT2D eigenvalue weighted by molar-refractivity contribution is 14.1. The van der Waals surface area contributed by atoms with Crippen molar-refractivity contribution in [2.24, 2.45) is 0 Å². The molecule has 0 aliphatic carbocycles. The van der Waals surface area contributed by atoms with Crippen molar-refractivity contribution in [1.29, 1.82) is 0 Å². The number of carbonyl (C=O) groups is 1. The zero-order chi connectivity index (χ0) is 15.0. The Morgan fingerprint density at radius 1 is 1.43 bits per heavy atom. The summed E-state index contributed by atoms with van der Waals surface area (Å²) < 4.78 is 33.4. The topological polar surface area (TPSA) is 60.3 Å². The SMILES string of the molecule is O=C1OC(Cn2nncc2F)CN1c1ccc(I)c(F)c1. The van der Waals surface area contributed by atoms with Crippen LogP contribution < -0.4 is 4.90 Å². The van der Waals surface area contributed by atoms with Crippen LogP contribution >= 0.6 is 22.6 Å². The fraction of sp³-hybridized carbons (Fsp3) is 0.250. The van der Waals surface area contributed by atoms with E-state index in [1.54, 1.807) is 12.1 Å². The van der Waals surface area contributed by atoms with Crippen molar-refractivity contribution in [3.8, 4) is 0 Å². The number of cyclic esters (lactones) is 1. The largest absolute Gasteiger partial charge is 0.442 e. The molecular weight excluding hydrogens is 397 g/mol. The number of hydrogen-bond acceptors (Lipinski definition) is 4. The van der Waals surface area contributed by atoms with Gasteiger partial charge in [-0.25, -0.2) is 13.9 Å². The lowest BCUT2D eigenvalue weighted by molar-refractivity contribution is 0.126. The number of hydrogen-bond donors (Lipinski definition) is 0. The first-order chi connectivity index (χ1) is 10.0. The molecule has 0 spiro atoms. The van der Waals surface area contributed by atoms with Crippen molar-refractivity contribution in [1.82, 2.24) is 15.0 Å². The number of benzene rings is 1. The highest BCUT2D eigenvalue weighted by atomic mass is 127. The van der Waals surface area contributed by atoms with Gasteiger partial charge in [0.1, 0.15) is 18.1 Å². The quantitative estimate of drug-likeness (QED) is 0.734. The molecule has 1 saturated heterocycles. The Balaban J connectivity index is 1.75. The van der Waals surface area contributed by atoms with E-state index in [2.05, 4.69) is 10.3 Å². The van der Waals surface area contributed by atoms with Crippen molar-refractivity contribution in [2.45, 2.75) is 12.6 Å². The van der Waals surface area contributed by atoms with Crippen LogP contribution in [0.2, 0.25) is 0 Å². The first kappa shape index (κ1) is 14.2. The summed E-state index contributed by atoms with van der Waals surface area (Å²) in [6, 6.07) is 4.47. The first-order valence-corrected chi connectivity index (χ1v) is 7.09. The molecule has 1 atom stereocenters. The van der Waals surface area contributed by atoms with Crippen molar-refractivity contribution in [3.63, 3.8) is 0 Å². The molecule has 0 bridgehead atoms. The van der Waals surface area contributed by atoms with Gasteiger partial charge in [-0.2, -0.15) is 4.39 Å². The summed E-state index contributed by atoms with van der Waals surface area (Å²) in [5.41, 5.74) is 0.402. The van der Waals surface area contributed by atoms with Gasteiger partial charge in [0.15, 0.2) is 0 Å². The molecule has 1 fully saturated rings. The molecule has 1 amide bonds. The van der Waals surface area contributed by atoms with Gasteiger partial charge in [0.05, 0.1) is 18.8 Å². The van der Waals surface area contributed by atoms with Gasteiger partial charge in [-0.05, 0) is 40.8 Å². The second kappa shape index (κ2) is 5.54. The van der Waals surface area contributed by atoms with Crippen molar-refractivity contribution >= 4 is 34.4 Å². The van der Waals surface area contributed by atoms with Crippen LogP contribution in [0, 0.1) is 15.3 Å². The maximum atomic E-state index is 13.6. The zero-order valence-corrected chi connectivity index (χ0v) is 12.7. The molecule has 0 radical (unpaired) electrons. The van der Waals surface area contributed by atoms with E-state index in [1.807, 2.05) is 22.6 Å². The summed E-state index contributed by atoms with van der Waals surface area (Å²) in [5.74, 6) is -1.02. The average molecular weight is 406 g/mol. The molecule has 1 aliphatic heterocycles. The van der Waals surface area contributed by atoms with Gasteiger partial charge in [0, 0.05) is 3.57 Å². The summed E-state index contributed by atoms with van der Waals surface area (Å²) in [4.78, 5) is 13.1. The van der Waals surface area contributed by atoms with Gasteiger partial charge in [0.25, 0.3) is 0 Å². The molecule has 6 nitrogen and oxygen atoms in total. The fourth-order valence-corrected chi connectivity index (χ4v) is 2.38. The van der Waals surface area contributed by atoms with Crippen LogP contribution in [0.15, 0.2) is 24.4 Å². The minimum atomic E-state index is -0.607. The van der Waals surface area contributed by atoms with Crippen LogP contribution in [0.3, 0.4) is 0 Å². The van der Waals surface area contributed by atoms with Crippen molar-refractivity contribution in [3.05, 3.63) is 39.7 Å². The molecule has 110 valence electrons. The number of carbonyl (C=O) groups excluding carboxylic acids is 1. The van der Waals surface area contributed by atoms with E-state index >= 15 is 0 Å². The summed E-state index contributed by atoms with van der Waals surface area (Å²) in [6.45, 7) is 0.249. The predicted molar refractivity (Wildman–Crippen MR) is 76.7 cm³/mol. The molecule has 0 N–H and O–H groups in total. The Hall–Kier alpha value is -1.78. The maximum absolute atomic E-state index is 13.6. The Bertz CT molecular complexity index is 694. The van der Waals surface area contributed by atoms with Crippen LogP contribution in [-0.2, 0) is 11.3 Å². The molecule has 2 aromatic rings. The van der Waals surface area contributed by atoms with Crippen LogP contribution in [0.5, 0.6) is 0 Å². The van der Waals surface area contributed by atoms with Gasteiger partial charge in [0.2, 0.25) is 5.95 Å². The second-order valence-electron chi connectivity index (χ2n) is 4.45. The Morgan fingerprint density at radius 3 is 2.90 bits per heavy atom. The smallest absolute Gasteiger partial charge is 0.414 e. The van der Waals surface area contributed by atoms with E-state index < -0.39 is 24.0 Å². The van der Waals surface area contributed by atoms with Crippen LogP contribution in [-0.4, -0.2) is 33.7 Å². The van der Waals surface area contributed by atoms with E-state index in [0.717, 1.165) is 10.9 Å². The highest BCUT2D eigenvalue weighted by Crippen LogP contribution is 2.25. The summed E-state index contributed by atoms with van der Waals surface area (Å²) >= 11 is 1.86. The van der Waals surface area contributed by atoms with E-state index in [1.165, 1.54) is 11.0 Å².